The number of hydrogen-bond donors (Lipinski definition) is 1. The summed E-state index contributed by atoms with van der Waals surface area (Å²) in [5, 5.41) is 9.88. The molecule has 0 aliphatic carbocycles. The molecule has 3 rings (SSSR count). The highest BCUT2D eigenvalue weighted by molar-refractivity contribution is 7.98. The van der Waals surface area contributed by atoms with Gasteiger partial charge >= 0.3 is 5.97 Å². The van der Waals surface area contributed by atoms with Gasteiger partial charge in [0.25, 0.3) is 0 Å². The number of ether oxygens (including phenoxy) is 2. The van der Waals surface area contributed by atoms with Crippen LogP contribution in [0.15, 0.2) is 47.4 Å². The fraction of sp³-hybridized carbons (Fsp3) is 0.409. The number of piperidine rings is 1. The fourth-order valence-corrected chi connectivity index (χ4v) is 4.40. The highest BCUT2D eigenvalue weighted by atomic mass is 32.2. The molecule has 2 atom stereocenters. The van der Waals surface area contributed by atoms with Crippen LogP contribution in [0.4, 0.5) is 0 Å². The van der Waals surface area contributed by atoms with E-state index in [0.717, 1.165) is 24.0 Å². The van der Waals surface area contributed by atoms with Crippen LogP contribution in [-0.2, 0) is 4.79 Å². The molecule has 2 aromatic carbocycles. The van der Waals surface area contributed by atoms with E-state index in [1.54, 1.807) is 26.0 Å². The largest absolute Gasteiger partial charge is 0.496 e. The lowest BCUT2D eigenvalue weighted by Gasteiger charge is -2.40. The second-order valence-electron chi connectivity index (χ2n) is 6.84. The van der Waals surface area contributed by atoms with Crippen molar-refractivity contribution in [3.8, 4) is 11.5 Å². The van der Waals surface area contributed by atoms with Crippen LogP contribution < -0.4 is 9.47 Å². The minimum atomic E-state index is -0.778. The Hall–Kier alpha value is -2.18. The molecule has 5 nitrogen and oxygen atoms in total. The Balaban J connectivity index is 2.18. The molecule has 0 spiro atoms. The molecule has 1 heterocycles. The molecule has 0 radical (unpaired) electrons. The number of thioether (sulfide) groups is 1. The minimum Gasteiger partial charge on any atom is -0.496 e. The Kier molecular flexibility index (Phi) is 6.86. The lowest BCUT2D eigenvalue weighted by Crippen LogP contribution is -2.47. The van der Waals surface area contributed by atoms with Crippen molar-refractivity contribution >= 4 is 17.7 Å². The zero-order valence-electron chi connectivity index (χ0n) is 16.6. The van der Waals surface area contributed by atoms with Crippen molar-refractivity contribution < 1.29 is 19.4 Å². The van der Waals surface area contributed by atoms with Crippen LogP contribution >= 0.6 is 11.8 Å². The van der Waals surface area contributed by atoms with Crippen molar-refractivity contribution in [3.05, 3.63) is 53.6 Å². The van der Waals surface area contributed by atoms with Gasteiger partial charge in [0.05, 0.1) is 25.8 Å². The Morgan fingerprint density at radius 2 is 1.75 bits per heavy atom. The number of carboxylic acids is 1. The SMILES string of the molecule is COc1cccc(OC)c1C(c1ccc(SC)cc1)N1CCCCC1C(=O)O. The first-order chi connectivity index (χ1) is 13.6. The van der Waals surface area contributed by atoms with Gasteiger partial charge in [-0.3, -0.25) is 9.69 Å². The summed E-state index contributed by atoms with van der Waals surface area (Å²) in [7, 11) is 3.27. The van der Waals surface area contributed by atoms with Crippen LogP contribution in [0.1, 0.15) is 36.4 Å². The molecule has 1 N–H and O–H groups in total. The number of hydrogen-bond acceptors (Lipinski definition) is 5. The number of benzene rings is 2. The third-order valence-corrected chi connectivity index (χ3v) is 6.08. The van der Waals surface area contributed by atoms with E-state index in [2.05, 4.69) is 29.2 Å². The predicted octanol–water partition coefficient (Wildman–Crippen LogP) is 4.45. The zero-order valence-corrected chi connectivity index (χ0v) is 17.4. The topological polar surface area (TPSA) is 59.0 Å². The van der Waals surface area contributed by atoms with Crippen molar-refractivity contribution in [2.75, 3.05) is 27.0 Å². The first-order valence-electron chi connectivity index (χ1n) is 9.44. The maximum Gasteiger partial charge on any atom is 0.320 e. The first-order valence-corrected chi connectivity index (χ1v) is 10.7. The monoisotopic (exact) mass is 401 g/mol. The second-order valence-corrected chi connectivity index (χ2v) is 7.72. The summed E-state index contributed by atoms with van der Waals surface area (Å²) in [6.07, 6.45) is 4.59. The smallest absolute Gasteiger partial charge is 0.320 e. The molecule has 0 aromatic heterocycles. The van der Waals surface area contributed by atoms with Crippen molar-refractivity contribution in [1.29, 1.82) is 0 Å². The van der Waals surface area contributed by atoms with Crippen molar-refractivity contribution in [1.82, 2.24) is 4.90 Å². The van der Waals surface area contributed by atoms with Crippen LogP contribution in [0.5, 0.6) is 11.5 Å². The zero-order chi connectivity index (χ0) is 20.1. The maximum absolute atomic E-state index is 12.0. The molecule has 0 saturated carbocycles. The van der Waals surface area contributed by atoms with Gasteiger partial charge in [0, 0.05) is 4.90 Å². The minimum absolute atomic E-state index is 0.261. The van der Waals surface area contributed by atoms with Crippen LogP contribution in [0.2, 0.25) is 0 Å². The molecule has 2 aromatic rings. The summed E-state index contributed by atoms with van der Waals surface area (Å²) in [5.74, 6) is 0.625. The molecule has 0 bridgehead atoms. The van der Waals surface area contributed by atoms with Crippen LogP contribution in [0.3, 0.4) is 0 Å². The number of rotatable bonds is 7. The summed E-state index contributed by atoms with van der Waals surface area (Å²) in [6, 6.07) is 13.2. The molecule has 28 heavy (non-hydrogen) atoms. The van der Waals surface area contributed by atoms with Crippen molar-refractivity contribution in [2.45, 2.75) is 36.2 Å². The molecule has 2 unspecified atom stereocenters. The Labute approximate surface area is 170 Å². The van der Waals surface area contributed by atoms with Crippen molar-refractivity contribution in [2.24, 2.45) is 0 Å². The van der Waals surface area contributed by atoms with E-state index in [0.29, 0.717) is 24.5 Å². The third kappa shape index (κ3) is 4.13. The maximum atomic E-state index is 12.0. The molecule has 1 aliphatic heterocycles. The number of carbonyl (C=O) groups is 1. The van der Waals surface area contributed by atoms with E-state index in [1.807, 2.05) is 24.5 Å². The fourth-order valence-electron chi connectivity index (χ4n) is 3.99. The Bertz CT molecular complexity index is 786. The summed E-state index contributed by atoms with van der Waals surface area (Å²) in [4.78, 5) is 15.3. The first kappa shape index (κ1) is 20.6. The molecule has 1 saturated heterocycles. The van der Waals surface area contributed by atoms with E-state index >= 15 is 0 Å². The number of aliphatic carboxylic acids is 1. The third-order valence-electron chi connectivity index (χ3n) is 5.33. The van der Waals surface area contributed by atoms with Gasteiger partial charge in [-0.15, -0.1) is 11.8 Å². The van der Waals surface area contributed by atoms with Crippen molar-refractivity contribution in [3.63, 3.8) is 0 Å². The highest BCUT2D eigenvalue weighted by Gasteiger charge is 2.37. The lowest BCUT2D eigenvalue weighted by atomic mass is 9.90. The van der Waals surface area contributed by atoms with Crippen LogP contribution in [0, 0.1) is 0 Å². The van der Waals surface area contributed by atoms with Gasteiger partial charge in [0.1, 0.15) is 17.5 Å². The van der Waals surface area contributed by atoms with E-state index in [9.17, 15) is 9.90 Å². The van der Waals surface area contributed by atoms with Crippen LogP contribution in [0.25, 0.3) is 0 Å². The number of likely N-dealkylation sites (tertiary alicyclic amines) is 1. The Morgan fingerprint density at radius 1 is 1.11 bits per heavy atom. The summed E-state index contributed by atoms with van der Waals surface area (Å²) < 4.78 is 11.3. The highest BCUT2D eigenvalue weighted by Crippen LogP contribution is 2.43. The molecule has 0 amide bonds. The number of nitrogens with zero attached hydrogens (tertiary/aromatic N) is 1. The van der Waals surface area contributed by atoms with Gasteiger partial charge in [0.2, 0.25) is 0 Å². The second kappa shape index (κ2) is 9.34. The summed E-state index contributed by atoms with van der Waals surface area (Å²) >= 11 is 1.68. The normalized spacial score (nSPS) is 18.5. The van der Waals surface area contributed by atoms with Gasteiger partial charge in [-0.05, 0) is 55.5 Å². The van der Waals surface area contributed by atoms with Gasteiger partial charge in [0.15, 0.2) is 0 Å². The van der Waals surface area contributed by atoms with E-state index in [1.165, 1.54) is 4.90 Å². The summed E-state index contributed by atoms with van der Waals surface area (Å²) in [6.45, 7) is 0.715. The van der Waals surface area contributed by atoms with E-state index in [-0.39, 0.29) is 6.04 Å². The molecular weight excluding hydrogens is 374 g/mol. The van der Waals surface area contributed by atoms with Gasteiger partial charge in [-0.1, -0.05) is 24.6 Å². The summed E-state index contributed by atoms with van der Waals surface area (Å²) in [5.41, 5.74) is 1.91. The van der Waals surface area contributed by atoms with Crippen LogP contribution in [-0.4, -0.2) is 49.0 Å². The average molecular weight is 402 g/mol. The van der Waals surface area contributed by atoms with Gasteiger partial charge in [-0.25, -0.2) is 0 Å². The quantitative estimate of drug-likeness (QED) is 0.692. The average Bonchev–Trinajstić information content (AvgIpc) is 2.74. The standard InChI is InChI=1S/C22H27NO4S/c1-26-18-8-6-9-19(27-2)20(18)21(15-10-12-16(28-3)13-11-15)23-14-5-4-7-17(23)22(24)25/h6,8-13,17,21H,4-5,7,14H2,1-3H3,(H,24,25). The molecular formula is C22H27NO4S. The predicted molar refractivity (Wildman–Crippen MR) is 112 cm³/mol. The van der Waals surface area contributed by atoms with Gasteiger partial charge < -0.3 is 14.6 Å². The van der Waals surface area contributed by atoms with E-state index in [4.69, 9.17) is 9.47 Å². The van der Waals surface area contributed by atoms with E-state index < -0.39 is 12.0 Å². The molecule has 1 fully saturated rings. The number of methoxy groups -OCH3 is 2. The molecule has 1 aliphatic rings. The molecule has 6 heteroatoms. The van der Waals surface area contributed by atoms with Gasteiger partial charge in [-0.2, -0.15) is 0 Å². The number of carboxylic acid groups (broad SMARTS) is 1. The molecule has 150 valence electrons. The lowest BCUT2D eigenvalue weighted by molar-refractivity contribution is -0.145. The Morgan fingerprint density at radius 3 is 2.29 bits per heavy atom.